The molecular weight excluding hydrogens is 368 g/mol. The monoisotopic (exact) mass is 392 g/mol. The van der Waals surface area contributed by atoms with Crippen LogP contribution in [0.2, 0.25) is 0 Å². The van der Waals surface area contributed by atoms with E-state index in [1.807, 2.05) is 32.0 Å². The van der Waals surface area contributed by atoms with Gasteiger partial charge in [0.2, 0.25) is 15.9 Å². The van der Waals surface area contributed by atoms with Crippen molar-refractivity contribution in [1.82, 2.24) is 4.72 Å². The summed E-state index contributed by atoms with van der Waals surface area (Å²) in [7, 11) is -0.866. The van der Waals surface area contributed by atoms with E-state index < -0.39 is 10.0 Å². The Bertz CT molecular complexity index is 926. The molecule has 0 aliphatic rings. The minimum absolute atomic E-state index is 0.0138. The van der Waals surface area contributed by atoms with Crippen molar-refractivity contribution in [2.45, 2.75) is 25.2 Å². The summed E-state index contributed by atoms with van der Waals surface area (Å²) >= 11 is 0. The van der Waals surface area contributed by atoms with Crippen LogP contribution in [0, 0.1) is 13.8 Å². The highest BCUT2D eigenvalue weighted by Gasteiger charge is 2.17. The third-order valence-electron chi connectivity index (χ3n) is 3.98. The molecule has 0 saturated carbocycles. The van der Waals surface area contributed by atoms with Gasteiger partial charge >= 0.3 is 0 Å². The van der Waals surface area contributed by atoms with Crippen molar-refractivity contribution in [3.8, 4) is 11.5 Å². The average Bonchev–Trinajstić information content (AvgIpc) is 2.63. The maximum atomic E-state index is 12.4. The predicted octanol–water partition coefficient (Wildman–Crippen LogP) is 2.63. The summed E-state index contributed by atoms with van der Waals surface area (Å²) in [6.45, 7) is 3.81. The second-order valence-corrected chi connectivity index (χ2v) is 7.80. The van der Waals surface area contributed by atoms with Crippen LogP contribution < -0.4 is 19.5 Å². The molecule has 27 heavy (non-hydrogen) atoms. The van der Waals surface area contributed by atoms with Crippen LogP contribution in [0.4, 0.5) is 5.69 Å². The molecule has 0 bridgehead atoms. The van der Waals surface area contributed by atoms with E-state index in [4.69, 9.17) is 9.47 Å². The number of rotatable bonds is 8. The molecule has 0 aliphatic heterocycles. The van der Waals surface area contributed by atoms with Crippen LogP contribution in [0.15, 0.2) is 41.3 Å². The van der Waals surface area contributed by atoms with Crippen molar-refractivity contribution in [1.29, 1.82) is 0 Å². The fourth-order valence-electron chi connectivity index (χ4n) is 2.45. The molecule has 2 aromatic rings. The molecule has 2 rings (SSSR count). The number of carbonyl (C=O) groups excluding carboxylic acids is 1. The van der Waals surface area contributed by atoms with Crippen LogP contribution in [-0.2, 0) is 14.8 Å². The van der Waals surface area contributed by atoms with Crippen molar-refractivity contribution in [2.24, 2.45) is 0 Å². The van der Waals surface area contributed by atoms with Crippen LogP contribution in [0.25, 0.3) is 0 Å². The number of sulfonamides is 1. The summed E-state index contributed by atoms with van der Waals surface area (Å²) in [6.07, 6.45) is 0.0138. The Kier molecular flexibility index (Phi) is 6.81. The molecule has 0 aliphatic carbocycles. The number of benzene rings is 2. The molecule has 0 fully saturated rings. The third kappa shape index (κ3) is 5.45. The van der Waals surface area contributed by atoms with Gasteiger partial charge in [0.15, 0.2) is 11.5 Å². The number of ether oxygens (including phenoxy) is 2. The van der Waals surface area contributed by atoms with Gasteiger partial charge < -0.3 is 14.8 Å². The highest BCUT2D eigenvalue weighted by atomic mass is 32.2. The quantitative estimate of drug-likeness (QED) is 0.720. The summed E-state index contributed by atoms with van der Waals surface area (Å²) in [5.41, 5.74) is 2.70. The van der Waals surface area contributed by atoms with Gasteiger partial charge in [-0.1, -0.05) is 12.1 Å². The van der Waals surface area contributed by atoms with Crippen LogP contribution >= 0.6 is 0 Å². The van der Waals surface area contributed by atoms with E-state index in [2.05, 4.69) is 10.0 Å². The van der Waals surface area contributed by atoms with Crippen molar-refractivity contribution >= 4 is 21.6 Å². The van der Waals surface area contributed by atoms with Gasteiger partial charge in [0.1, 0.15) is 0 Å². The maximum Gasteiger partial charge on any atom is 0.240 e. The number of hydrogen-bond donors (Lipinski definition) is 2. The van der Waals surface area contributed by atoms with E-state index >= 15 is 0 Å². The predicted molar refractivity (Wildman–Crippen MR) is 104 cm³/mol. The molecule has 0 radical (unpaired) electrons. The van der Waals surface area contributed by atoms with Gasteiger partial charge in [0.25, 0.3) is 0 Å². The van der Waals surface area contributed by atoms with E-state index in [-0.39, 0.29) is 23.8 Å². The molecule has 7 nitrogen and oxygen atoms in total. The highest BCUT2D eigenvalue weighted by Crippen LogP contribution is 2.29. The van der Waals surface area contributed by atoms with Crippen molar-refractivity contribution < 1.29 is 22.7 Å². The Morgan fingerprint density at radius 3 is 2.37 bits per heavy atom. The Balaban J connectivity index is 1.97. The Morgan fingerprint density at radius 2 is 1.70 bits per heavy atom. The number of amides is 1. The minimum atomic E-state index is -3.77. The zero-order chi connectivity index (χ0) is 20.0. The second kappa shape index (κ2) is 8.88. The standard InChI is InChI=1S/C19H24N2O5S/c1-13-5-6-14(2)16(11-13)21-19(22)9-10-20-27(23,24)15-7-8-17(25-3)18(12-15)26-4/h5-8,11-12,20H,9-10H2,1-4H3,(H,21,22). The van der Waals surface area contributed by atoms with Gasteiger partial charge in [-0.25, -0.2) is 13.1 Å². The Labute approximate surface area is 159 Å². The Morgan fingerprint density at radius 1 is 1.00 bits per heavy atom. The summed E-state index contributed by atoms with van der Waals surface area (Å²) in [4.78, 5) is 12.1. The average molecular weight is 392 g/mol. The van der Waals surface area contributed by atoms with Crippen molar-refractivity contribution in [3.63, 3.8) is 0 Å². The molecule has 146 valence electrons. The van der Waals surface area contributed by atoms with Gasteiger partial charge in [-0.05, 0) is 43.2 Å². The zero-order valence-corrected chi connectivity index (χ0v) is 16.6. The van der Waals surface area contributed by atoms with Crippen LogP contribution in [0.5, 0.6) is 11.5 Å². The SMILES string of the molecule is COc1ccc(S(=O)(=O)NCCC(=O)Nc2cc(C)ccc2C)cc1OC. The number of aryl methyl sites for hydroxylation is 2. The lowest BCUT2D eigenvalue weighted by Gasteiger charge is -2.12. The van der Waals surface area contributed by atoms with E-state index in [1.54, 1.807) is 0 Å². The summed E-state index contributed by atoms with van der Waals surface area (Å²) < 4.78 is 37.4. The van der Waals surface area contributed by atoms with Crippen molar-refractivity contribution in [3.05, 3.63) is 47.5 Å². The van der Waals surface area contributed by atoms with Crippen LogP contribution in [0.1, 0.15) is 17.5 Å². The van der Waals surface area contributed by atoms with Gasteiger partial charge in [0, 0.05) is 24.7 Å². The van der Waals surface area contributed by atoms with E-state index in [0.717, 1.165) is 16.8 Å². The summed E-state index contributed by atoms with van der Waals surface area (Å²) in [5.74, 6) is 0.483. The number of nitrogens with one attached hydrogen (secondary N) is 2. The molecule has 0 unspecified atom stereocenters. The molecule has 0 atom stereocenters. The molecule has 2 N–H and O–H groups in total. The lowest BCUT2D eigenvalue weighted by molar-refractivity contribution is -0.116. The largest absolute Gasteiger partial charge is 0.493 e. The lowest BCUT2D eigenvalue weighted by atomic mass is 10.1. The first-order valence-corrected chi connectivity index (χ1v) is 9.84. The zero-order valence-electron chi connectivity index (χ0n) is 15.8. The summed E-state index contributed by atoms with van der Waals surface area (Å²) in [6, 6.07) is 10.1. The molecule has 8 heteroatoms. The molecule has 0 heterocycles. The number of hydrogen-bond acceptors (Lipinski definition) is 5. The first kappa shape index (κ1) is 20.7. The Hall–Kier alpha value is -2.58. The van der Waals surface area contributed by atoms with Gasteiger partial charge in [0.05, 0.1) is 19.1 Å². The molecule has 0 saturated heterocycles. The topological polar surface area (TPSA) is 93.7 Å². The highest BCUT2D eigenvalue weighted by molar-refractivity contribution is 7.89. The smallest absolute Gasteiger partial charge is 0.240 e. The number of methoxy groups -OCH3 is 2. The van der Waals surface area contributed by atoms with Crippen molar-refractivity contribution in [2.75, 3.05) is 26.1 Å². The van der Waals surface area contributed by atoms with Crippen LogP contribution in [0.3, 0.4) is 0 Å². The van der Waals surface area contributed by atoms with Gasteiger partial charge in [-0.15, -0.1) is 0 Å². The van der Waals surface area contributed by atoms with E-state index in [1.165, 1.54) is 32.4 Å². The molecule has 0 spiro atoms. The number of carbonyl (C=O) groups is 1. The first-order valence-electron chi connectivity index (χ1n) is 8.35. The molecular formula is C19H24N2O5S. The van der Waals surface area contributed by atoms with E-state index in [0.29, 0.717) is 11.5 Å². The number of anilines is 1. The van der Waals surface area contributed by atoms with Crippen LogP contribution in [-0.4, -0.2) is 35.1 Å². The summed E-state index contributed by atoms with van der Waals surface area (Å²) in [5, 5.41) is 2.80. The second-order valence-electron chi connectivity index (χ2n) is 6.03. The first-order chi connectivity index (χ1) is 12.8. The fourth-order valence-corrected chi connectivity index (χ4v) is 3.50. The molecule has 0 aromatic heterocycles. The molecule has 1 amide bonds. The molecule has 2 aromatic carbocycles. The fraction of sp³-hybridized carbons (Fsp3) is 0.316. The van der Waals surface area contributed by atoms with Gasteiger partial charge in [-0.3, -0.25) is 4.79 Å². The van der Waals surface area contributed by atoms with Gasteiger partial charge in [-0.2, -0.15) is 0 Å². The third-order valence-corrected chi connectivity index (χ3v) is 5.44. The normalized spacial score (nSPS) is 11.1. The maximum absolute atomic E-state index is 12.4. The minimum Gasteiger partial charge on any atom is -0.493 e. The lowest BCUT2D eigenvalue weighted by Crippen LogP contribution is -2.28. The van der Waals surface area contributed by atoms with E-state index in [9.17, 15) is 13.2 Å².